The minimum Gasteiger partial charge on any atom is -0.458 e. The third-order valence-electron chi connectivity index (χ3n) is 4.68. The molecule has 0 fully saturated rings. The lowest BCUT2D eigenvalue weighted by molar-refractivity contribution is -0.157. The minimum atomic E-state index is -2.90. The normalized spacial score (nSPS) is 22.6. The van der Waals surface area contributed by atoms with E-state index < -0.39 is 43.1 Å². The number of benzene rings is 1. The SMILES string of the molecule is [2H]C([2H])([2H])N1CC(=O)OC(C)(C)CCC/C=C\CCCC(=O)N/C1=N/C(=O)OCc1ccccc1. The lowest BCUT2D eigenvalue weighted by Gasteiger charge is -2.27. The summed E-state index contributed by atoms with van der Waals surface area (Å²) in [5.74, 6) is -1.96. The highest BCUT2D eigenvalue weighted by Crippen LogP contribution is 2.19. The molecule has 2 rings (SSSR count). The van der Waals surface area contributed by atoms with Gasteiger partial charge < -0.3 is 14.4 Å². The van der Waals surface area contributed by atoms with Gasteiger partial charge in [0.15, 0.2) is 0 Å². The quantitative estimate of drug-likeness (QED) is 0.546. The second-order valence-electron chi connectivity index (χ2n) is 8.10. The molecule has 0 saturated carbocycles. The molecule has 1 aromatic carbocycles. The Hall–Kier alpha value is -3.16. The largest absolute Gasteiger partial charge is 0.458 e. The van der Waals surface area contributed by atoms with Crippen LogP contribution in [0.3, 0.4) is 0 Å². The summed E-state index contributed by atoms with van der Waals surface area (Å²) in [5.41, 5.74) is -0.119. The number of rotatable bonds is 2. The molecule has 0 saturated heterocycles. The van der Waals surface area contributed by atoms with Gasteiger partial charge in [0.2, 0.25) is 11.9 Å². The monoisotopic (exact) mass is 446 g/mol. The highest BCUT2D eigenvalue weighted by molar-refractivity contribution is 6.01. The number of ether oxygens (including phenoxy) is 2. The first-order valence-electron chi connectivity index (χ1n) is 12.2. The van der Waals surface area contributed by atoms with E-state index in [4.69, 9.17) is 13.6 Å². The number of allylic oxidation sites excluding steroid dienone is 2. The first-order chi connectivity index (χ1) is 16.5. The number of amides is 2. The Morgan fingerprint density at radius 2 is 1.94 bits per heavy atom. The Morgan fingerprint density at radius 3 is 2.66 bits per heavy atom. The van der Waals surface area contributed by atoms with Crippen LogP contribution in [0.4, 0.5) is 4.79 Å². The molecule has 0 unspecified atom stereocenters. The van der Waals surface area contributed by atoms with Crippen LogP contribution in [0, 0.1) is 0 Å². The van der Waals surface area contributed by atoms with Crippen LogP contribution in [0.15, 0.2) is 47.5 Å². The van der Waals surface area contributed by atoms with E-state index in [9.17, 15) is 14.4 Å². The summed E-state index contributed by atoms with van der Waals surface area (Å²) in [7, 11) is 0. The first kappa shape index (κ1) is 20.7. The maximum absolute atomic E-state index is 12.7. The fourth-order valence-electron chi connectivity index (χ4n) is 3.04. The maximum atomic E-state index is 12.7. The number of guanidine groups is 1. The topological polar surface area (TPSA) is 97.3 Å². The zero-order valence-electron chi connectivity index (χ0n) is 21.6. The number of carbonyl (C=O) groups is 3. The van der Waals surface area contributed by atoms with Gasteiger partial charge in [0, 0.05) is 17.5 Å². The number of aliphatic imine (C=N–C) groups is 1. The molecule has 0 spiro atoms. The van der Waals surface area contributed by atoms with Gasteiger partial charge in [-0.15, -0.1) is 4.99 Å². The van der Waals surface area contributed by atoms with Gasteiger partial charge in [-0.25, -0.2) is 4.79 Å². The maximum Gasteiger partial charge on any atom is 0.437 e. The van der Waals surface area contributed by atoms with E-state index in [1.807, 2.05) is 18.2 Å². The van der Waals surface area contributed by atoms with Crippen molar-refractivity contribution in [3.8, 4) is 0 Å². The molecular weight excluding hydrogens is 410 g/mol. The molecule has 0 aromatic heterocycles. The summed E-state index contributed by atoms with van der Waals surface area (Å²) in [6, 6.07) is 8.85. The Morgan fingerprint density at radius 1 is 1.22 bits per heavy atom. The molecule has 0 bridgehead atoms. The summed E-state index contributed by atoms with van der Waals surface area (Å²) in [5, 5.41) is 2.37. The zero-order chi connectivity index (χ0) is 25.9. The first-order valence-corrected chi connectivity index (χ1v) is 10.7. The smallest absolute Gasteiger partial charge is 0.437 e. The zero-order valence-corrected chi connectivity index (χ0v) is 18.6. The summed E-state index contributed by atoms with van der Waals surface area (Å²) in [6.45, 7) is -0.251. The highest BCUT2D eigenvalue weighted by Gasteiger charge is 2.24. The highest BCUT2D eigenvalue weighted by atomic mass is 16.6. The van der Waals surface area contributed by atoms with Gasteiger partial charge in [-0.3, -0.25) is 14.9 Å². The second-order valence-corrected chi connectivity index (χ2v) is 8.10. The molecule has 0 aliphatic carbocycles. The third kappa shape index (κ3) is 9.76. The molecule has 1 aliphatic heterocycles. The molecule has 32 heavy (non-hydrogen) atoms. The predicted octanol–water partition coefficient (Wildman–Crippen LogP) is 3.96. The van der Waals surface area contributed by atoms with Gasteiger partial charge in [-0.05, 0) is 51.5 Å². The van der Waals surface area contributed by atoms with Crippen molar-refractivity contribution in [2.24, 2.45) is 4.99 Å². The Balaban J connectivity index is 2.30. The van der Waals surface area contributed by atoms with Crippen LogP contribution in [-0.2, 0) is 25.7 Å². The van der Waals surface area contributed by atoms with Crippen molar-refractivity contribution in [3.05, 3.63) is 48.0 Å². The summed E-state index contributed by atoms with van der Waals surface area (Å²) < 4.78 is 34.3. The van der Waals surface area contributed by atoms with Crippen molar-refractivity contribution in [1.29, 1.82) is 0 Å². The van der Waals surface area contributed by atoms with Crippen LogP contribution in [0.5, 0.6) is 0 Å². The van der Waals surface area contributed by atoms with Gasteiger partial charge >= 0.3 is 12.1 Å². The van der Waals surface area contributed by atoms with E-state index in [2.05, 4.69) is 10.3 Å². The third-order valence-corrected chi connectivity index (χ3v) is 4.68. The number of carbonyl (C=O) groups excluding carboxylic acids is 3. The van der Waals surface area contributed by atoms with Crippen LogP contribution in [-0.4, -0.2) is 48.0 Å². The van der Waals surface area contributed by atoms with Crippen molar-refractivity contribution in [2.45, 2.75) is 64.6 Å². The molecule has 8 heteroatoms. The van der Waals surface area contributed by atoms with E-state index in [0.29, 0.717) is 29.7 Å². The van der Waals surface area contributed by atoms with Crippen LogP contribution in [0.1, 0.15) is 62.0 Å². The minimum absolute atomic E-state index is 0.0781. The molecule has 8 nitrogen and oxygen atoms in total. The number of esters is 1. The number of hydrogen-bond donors (Lipinski definition) is 1. The van der Waals surface area contributed by atoms with Crippen molar-refractivity contribution >= 4 is 23.9 Å². The van der Waals surface area contributed by atoms with Crippen LogP contribution in [0.25, 0.3) is 0 Å². The molecule has 1 aromatic rings. The molecule has 2 amide bonds. The van der Waals surface area contributed by atoms with E-state index in [-0.39, 0.29) is 13.0 Å². The Kier molecular flexibility index (Phi) is 8.18. The summed E-state index contributed by atoms with van der Waals surface area (Å²) in [4.78, 5) is 41.8. The lowest BCUT2D eigenvalue weighted by Crippen LogP contribution is -2.46. The molecule has 174 valence electrons. The van der Waals surface area contributed by atoms with Gasteiger partial charge in [0.1, 0.15) is 18.8 Å². The average molecular weight is 447 g/mol. The fourth-order valence-corrected chi connectivity index (χ4v) is 3.04. The summed E-state index contributed by atoms with van der Waals surface area (Å²) >= 11 is 0. The molecule has 1 heterocycles. The van der Waals surface area contributed by atoms with Crippen LogP contribution < -0.4 is 5.32 Å². The number of nitrogens with zero attached hydrogens (tertiary/aromatic N) is 2. The van der Waals surface area contributed by atoms with Gasteiger partial charge in [0.05, 0.1) is 0 Å². The van der Waals surface area contributed by atoms with Crippen molar-refractivity contribution in [2.75, 3.05) is 13.5 Å². The standard InChI is InChI=1S/C24H33N3O5/c1-24(2)16-12-7-5-4-6-11-15-20(28)25-22(27(3)17-21(29)32-24)26-23(30)31-18-19-13-9-8-10-14-19/h4-5,8-10,13-14H,6-7,11-12,15-18H2,1-3H3,(H,25,26,28,30)/b5-4-/i3D3. The van der Waals surface area contributed by atoms with Crippen molar-refractivity contribution in [1.82, 2.24) is 10.2 Å². The molecule has 1 N–H and O–H groups in total. The van der Waals surface area contributed by atoms with Crippen LogP contribution >= 0.6 is 0 Å². The van der Waals surface area contributed by atoms with E-state index in [1.165, 1.54) is 0 Å². The Labute approximate surface area is 193 Å². The molecule has 1 aliphatic rings. The lowest BCUT2D eigenvalue weighted by atomic mass is 10.0. The number of cyclic esters (lactones) is 1. The fraction of sp³-hybridized carbons (Fsp3) is 0.500. The molecule has 0 atom stereocenters. The van der Waals surface area contributed by atoms with E-state index in [1.54, 1.807) is 38.1 Å². The second kappa shape index (κ2) is 12.6. The van der Waals surface area contributed by atoms with Gasteiger partial charge in [-0.1, -0.05) is 42.5 Å². The number of hydrogen-bond acceptors (Lipinski definition) is 5. The van der Waals surface area contributed by atoms with Gasteiger partial charge in [0.25, 0.3) is 0 Å². The Bertz CT molecular complexity index is 930. The summed E-state index contributed by atoms with van der Waals surface area (Å²) in [6.07, 6.45) is 6.32. The van der Waals surface area contributed by atoms with Gasteiger partial charge in [-0.2, -0.15) is 0 Å². The predicted molar refractivity (Wildman–Crippen MR) is 122 cm³/mol. The molecular formula is C24H33N3O5. The number of nitrogens with one attached hydrogen (secondary N) is 1. The van der Waals surface area contributed by atoms with E-state index in [0.717, 1.165) is 12.8 Å². The number of likely N-dealkylation sites (N-methyl/N-ethyl adjacent to an activating group) is 1. The average Bonchev–Trinajstić information content (AvgIpc) is 2.76. The van der Waals surface area contributed by atoms with Crippen LogP contribution in [0.2, 0.25) is 0 Å². The molecule has 0 radical (unpaired) electrons. The van der Waals surface area contributed by atoms with E-state index >= 15 is 0 Å². The van der Waals surface area contributed by atoms with Crippen molar-refractivity contribution in [3.63, 3.8) is 0 Å². The van der Waals surface area contributed by atoms with Crippen molar-refractivity contribution < 1.29 is 28.0 Å².